The molecule has 3 aromatic rings. The summed E-state index contributed by atoms with van der Waals surface area (Å²) in [6, 6.07) is 23.0. The van der Waals surface area contributed by atoms with Crippen LogP contribution in [0, 0.1) is 5.92 Å². The second-order valence-electron chi connectivity index (χ2n) is 10.3. The highest BCUT2D eigenvalue weighted by Crippen LogP contribution is 2.51. The van der Waals surface area contributed by atoms with Crippen LogP contribution >= 0.6 is 0 Å². The van der Waals surface area contributed by atoms with Gasteiger partial charge in [-0.1, -0.05) is 63.2 Å². The molecule has 4 rings (SSSR count). The van der Waals surface area contributed by atoms with Crippen molar-refractivity contribution in [2.45, 2.75) is 65.0 Å². The van der Waals surface area contributed by atoms with Crippen molar-refractivity contribution in [2.75, 3.05) is 11.9 Å². The maximum atomic E-state index is 10.7. The summed E-state index contributed by atoms with van der Waals surface area (Å²) in [6.07, 6.45) is 1.70. The molecule has 1 aliphatic heterocycles. The average molecular weight is 488 g/mol. The van der Waals surface area contributed by atoms with Crippen LogP contribution in [0.4, 0.5) is 5.69 Å². The van der Waals surface area contributed by atoms with Gasteiger partial charge in [-0.2, -0.15) is 0 Å². The van der Waals surface area contributed by atoms with E-state index in [0.717, 1.165) is 29.2 Å². The summed E-state index contributed by atoms with van der Waals surface area (Å²) in [5, 5.41) is 12.5. The normalized spacial score (nSPS) is 18.5. The molecule has 36 heavy (non-hydrogen) atoms. The molecule has 2 N–H and O–H groups in total. The van der Waals surface area contributed by atoms with Crippen molar-refractivity contribution in [1.82, 2.24) is 0 Å². The van der Waals surface area contributed by atoms with E-state index in [1.54, 1.807) is 0 Å². The van der Waals surface area contributed by atoms with Crippen LogP contribution in [-0.2, 0) is 23.4 Å². The van der Waals surface area contributed by atoms with Gasteiger partial charge in [0.2, 0.25) is 0 Å². The van der Waals surface area contributed by atoms with E-state index in [2.05, 4.69) is 81.5 Å². The van der Waals surface area contributed by atoms with E-state index in [-0.39, 0.29) is 17.9 Å². The Morgan fingerprint density at radius 3 is 2.36 bits per heavy atom. The van der Waals surface area contributed by atoms with E-state index in [1.165, 1.54) is 16.7 Å². The quantitative estimate of drug-likeness (QED) is 0.281. The largest absolute Gasteiger partial charge is 0.494 e. The van der Waals surface area contributed by atoms with Gasteiger partial charge in [0.05, 0.1) is 12.1 Å². The van der Waals surface area contributed by atoms with Crippen molar-refractivity contribution in [3.8, 4) is 11.5 Å². The van der Waals surface area contributed by atoms with Gasteiger partial charge >= 0.3 is 5.97 Å². The van der Waals surface area contributed by atoms with Crippen molar-refractivity contribution >= 4 is 11.7 Å². The number of ether oxygens (including phenoxy) is 2. The first-order chi connectivity index (χ1) is 17.3. The van der Waals surface area contributed by atoms with Crippen LogP contribution in [-0.4, -0.2) is 17.7 Å². The summed E-state index contributed by atoms with van der Waals surface area (Å²) in [5.74, 6) is 1.71. The standard InChI is InChI=1S/C31H37NO4/c1-21(2)19-23-10-12-24(13-11-23)20-36-28-8-5-7-27-30(28)22(3)31(4,32-27)25-14-16-26(17-15-25)35-18-6-9-29(33)34/h5,7-8,10-17,21-22,32H,6,9,18-20H2,1-4H3,(H,33,34). The zero-order valence-corrected chi connectivity index (χ0v) is 21.7. The average Bonchev–Trinajstić information content (AvgIpc) is 3.12. The van der Waals surface area contributed by atoms with Crippen LogP contribution < -0.4 is 14.8 Å². The van der Waals surface area contributed by atoms with Gasteiger partial charge < -0.3 is 19.9 Å². The number of aliphatic carboxylic acids is 1. The lowest BCUT2D eigenvalue weighted by Gasteiger charge is -2.31. The molecule has 1 aliphatic rings. The molecule has 0 spiro atoms. The van der Waals surface area contributed by atoms with Crippen LogP contribution in [0.2, 0.25) is 0 Å². The van der Waals surface area contributed by atoms with Crippen LogP contribution in [0.3, 0.4) is 0 Å². The number of rotatable bonds is 11. The summed E-state index contributed by atoms with van der Waals surface area (Å²) in [6.45, 7) is 9.87. The minimum Gasteiger partial charge on any atom is -0.494 e. The third kappa shape index (κ3) is 5.84. The number of carboxylic acids is 1. The van der Waals surface area contributed by atoms with Crippen LogP contribution in [0.15, 0.2) is 66.7 Å². The van der Waals surface area contributed by atoms with Gasteiger partial charge in [0, 0.05) is 23.6 Å². The number of fused-ring (bicyclic) bond motifs is 1. The Morgan fingerprint density at radius 2 is 1.69 bits per heavy atom. The molecule has 0 fully saturated rings. The first-order valence-electron chi connectivity index (χ1n) is 12.8. The zero-order valence-electron chi connectivity index (χ0n) is 21.7. The van der Waals surface area contributed by atoms with Gasteiger partial charge in [0.1, 0.15) is 18.1 Å². The van der Waals surface area contributed by atoms with E-state index in [1.807, 2.05) is 18.2 Å². The molecule has 2 unspecified atom stereocenters. The minimum absolute atomic E-state index is 0.115. The lowest BCUT2D eigenvalue weighted by molar-refractivity contribution is -0.137. The molecule has 0 saturated carbocycles. The zero-order chi connectivity index (χ0) is 25.7. The lowest BCUT2D eigenvalue weighted by Crippen LogP contribution is -2.31. The number of carbonyl (C=O) groups is 1. The van der Waals surface area contributed by atoms with Crippen LogP contribution in [0.5, 0.6) is 11.5 Å². The first-order valence-corrected chi connectivity index (χ1v) is 12.8. The Morgan fingerprint density at radius 1 is 1.00 bits per heavy atom. The maximum absolute atomic E-state index is 10.7. The molecule has 1 heterocycles. The summed E-state index contributed by atoms with van der Waals surface area (Å²) in [5.41, 5.74) is 5.70. The lowest BCUT2D eigenvalue weighted by atomic mass is 9.80. The van der Waals surface area contributed by atoms with Crippen molar-refractivity contribution in [3.63, 3.8) is 0 Å². The molecular formula is C31H37NO4. The first kappa shape index (κ1) is 25.6. The molecular weight excluding hydrogens is 450 g/mol. The third-order valence-corrected chi connectivity index (χ3v) is 7.08. The highest BCUT2D eigenvalue weighted by Gasteiger charge is 2.42. The smallest absolute Gasteiger partial charge is 0.303 e. The second-order valence-corrected chi connectivity index (χ2v) is 10.3. The fourth-order valence-corrected chi connectivity index (χ4v) is 4.94. The van der Waals surface area contributed by atoms with Crippen molar-refractivity contribution in [1.29, 1.82) is 0 Å². The molecule has 2 atom stereocenters. The molecule has 0 saturated heterocycles. The van der Waals surface area contributed by atoms with Crippen molar-refractivity contribution in [3.05, 3.63) is 89.0 Å². The van der Waals surface area contributed by atoms with E-state index >= 15 is 0 Å². The summed E-state index contributed by atoms with van der Waals surface area (Å²) < 4.78 is 12.1. The van der Waals surface area contributed by atoms with Gasteiger partial charge in [0.25, 0.3) is 0 Å². The molecule has 3 aromatic carbocycles. The van der Waals surface area contributed by atoms with Gasteiger partial charge in [-0.3, -0.25) is 4.79 Å². The molecule has 0 radical (unpaired) electrons. The summed E-state index contributed by atoms with van der Waals surface area (Å²) >= 11 is 0. The second kappa shape index (κ2) is 11.1. The highest BCUT2D eigenvalue weighted by molar-refractivity contribution is 5.68. The number of hydrogen-bond acceptors (Lipinski definition) is 4. The van der Waals surface area contributed by atoms with Crippen molar-refractivity contribution < 1.29 is 19.4 Å². The number of hydrogen-bond donors (Lipinski definition) is 2. The summed E-state index contributed by atoms with van der Waals surface area (Å²) in [4.78, 5) is 10.7. The predicted octanol–water partition coefficient (Wildman–Crippen LogP) is 7.15. The number of nitrogens with one attached hydrogen (secondary N) is 1. The number of carboxylic acid groups (broad SMARTS) is 1. The summed E-state index contributed by atoms with van der Waals surface area (Å²) in [7, 11) is 0. The topological polar surface area (TPSA) is 67.8 Å². The van der Waals surface area contributed by atoms with E-state index in [4.69, 9.17) is 14.6 Å². The van der Waals surface area contributed by atoms with Gasteiger partial charge in [0.15, 0.2) is 0 Å². The maximum Gasteiger partial charge on any atom is 0.303 e. The number of anilines is 1. The Kier molecular flexibility index (Phi) is 7.88. The predicted molar refractivity (Wildman–Crippen MR) is 144 cm³/mol. The molecule has 190 valence electrons. The van der Waals surface area contributed by atoms with E-state index in [9.17, 15) is 4.79 Å². The molecule has 0 aromatic heterocycles. The fraction of sp³-hybridized carbons (Fsp3) is 0.387. The minimum atomic E-state index is -0.800. The van der Waals surface area contributed by atoms with Crippen molar-refractivity contribution in [2.24, 2.45) is 5.92 Å². The monoisotopic (exact) mass is 487 g/mol. The molecule has 5 nitrogen and oxygen atoms in total. The van der Waals surface area contributed by atoms with E-state index in [0.29, 0.717) is 25.6 Å². The molecule has 5 heteroatoms. The van der Waals surface area contributed by atoms with Crippen LogP contribution in [0.1, 0.15) is 68.7 Å². The number of benzene rings is 3. The van der Waals surface area contributed by atoms with E-state index < -0.39 is 5.97 Å². The Hall–Kier alpha value is -3.47. The third-order valence-electron chi connectivity index (χ3n) is 7.08. The molecule has 0 amide bonds. The Labute approximate surface area is 214 Å². The molecule has 0 aliphatic carbocycles. The van der Waals surface area contributed by atoms with Crippen LogP contribution in [0.25, 0.3) is 0 Å². The SMILES string of the molecule is CC(C)Cc1ccc(COc2cccc3c2C(C)C(C)(c2ccc(OCCCC(=O)O)cc2)N3)cc1. The highest BCUT2D eigenvalue weighted by atomic mass is 16.5. The van der Waals surface area contributed by atoms with Gasteiger partial charge in [-0.15, -0.1) is 0 Å². The van der Waals surface area contributed by atoms with Gasteiger partial charge in [-0.25, -0.2) is 0 Å². The Bertz CT molecular complexity index is 1170. The Balaban J connectivity index is 1.43. The molecule has 0 bridgehead atoms. The fourth-order valence-electron chi connectivity index (χ4n) is 4.94. The van der Waals surface area contributed by atoms with Gasteiger partial charge in [-0.05, 0) is 66.6 Å².